The number of nitrogens with one attached hydrogen (secondary N) is 2. The van der Waals surface area contributed by atoms with Crippen molar-refractivity contribution >= 4 is 33.4 Å². The monoisotopic (exact) mass is 375 g/mol. The number of hydrogen-bond acceptors (Lipinski definition) is 3. The summed E-state index contributed by atoms with van der Waals surface area (Å²) in [7, 11) is 0. The van der Waals surface area contributed by atoms with Crippen LogP contribution in [0.25, 0.3) is 0 Å². The molecule has 120 valence electrons. The Morgan fingerprint density at radius 2 is 1.57 bits per heavy atom. The number of carbonyl (C=O) groups excluding carboxylic acids is 2. The summed E-state index contributed by atoms with van der Waals surface area (Å²) in [5.41, 5.74) is 0.664. The maximum Gasteiger partial charge on any atom is 0.274 e. The lowest BCUT2D eigenvalue weighted by Gasteiger charge is -2.20. The molecule has 2 N–H and O–H groups in total. The fourth-order valence-electron chi connectivity index (χ4n) is 1.84. The van der Waals surface area contributed by atoms with Crippen molar-refractivity contribution in [3.63, 3.8) is 0 Å². The molecule has 0 spiro atoms. The minimum Gasteiger partial charge on any atom is -0.346 e. The predicted molar refractivity (Wildman–Crippen MR) is 93.6 cm³/mol. The van der Waals surface area contributed by atoms with Crippen LogP contribution in [0.2, 0.25) is 0 Å². The number of amides is 2. The third-order valence-electron chi connectivity index (χ3n) is 2.82. The van der Waals surface area contributed by atoms with Crippen LogP contribution in [-0.2, 0) is 0 Å². The highest BCUT2D eigenvalue weighted by atomic mass is 79.9. The lowest BCUT2D eigenvalue weighted by Crippen LogP contribution is -2.41. The van der Waals surface area contributed by atoms with E-state index in [4.69, 9.17) is 0 Å². The number of pyridine rings is 1. The molecule has 0 aliphatic heterocycles. The summed E-state index contributed by atoms with van der Waals surface area (Å²) in [4.78, 5) is 28.6. The summed E-state index contributed by atoms with van der Waals surface area (Å²) in [6, 6.07) is 12.1. The minimum atomic E-state index is -0.373. The van der Waals surface area contributed by atoms with E-state index in [1.54, 1.807) is 24.3 Å². The Morgan fingerprint density at radius 3 is 2.17 bits per heavy atom. The molecule has 2 rings (SSSR count). The summed E-state index contributed by atoms with van der Waals surface area (Å²) in [6.07, 6.45) is 0. The van der Waals surface area contributed by atoms with Crippen LogP contribution in [0.4, 0.5) is 5.69 Å². The van der Waals surface area contributed by atoms with E-state index in [0.717, 1.165) is 4.47 Å². The Hall–Kier alpha value is -2.21. The fourth-order valence-corrected chi connectivity index (χ4v) is 2.23. The van der Waals surface area contributed by atoms with Gasteiger partial charge in [-0.2, -0.15) is 0 Å². The molecule has 2 aromatic rings. The zero-order chi connectivity index (χ0) is 17.0. The molecule has 0 atom stereocenters. The second-order valence-electron chi connectivity index (χ2n) is 6.05. The Kier molecular flexibility index (Phi) is 5.15. The van der Waals surface area contributed by atoms with Crippen LogP contribution in [-0.4, -0.2) is 22.3 Å². The van der Waals surface area contributed by atoms with Gasteiger partial charge in [-0.05, 0) is 61.0 Å². The van der Waals surface area contributed by atoms with Gasteiger partial charge in [-0.25, -0.2) is 4.98 Å². The second kappa shape index (κ2) is 6.91. The molecule has 0 radical (unpaired) electrons. The molecule has 1 aromatic carbocycles. The molecule has 0 saturated carbocycles. The van der Waals surface area contributed by atoms with E-state index in [9.17, 15) is 9.59 Å². The molecular weight excluding hydrogens is 358 g/mol. The highest BCUT2D eigenvalue weighted by Crippen LogP contribution is 2.21. The van der Waals surface area contributed by atoms with Crippen LogP contribution in [0.5, 0.6) is 0 Å². The molecule has 0 bridgehead atoms. The quantitative estimate of drug-likeness (QED) is 0.860. The van der Waals surface area contributed by atoms with Gasteiger partial charge in [-0.1, -0.05) is 18.2 Å². The van der Waals surface area contributed by atoms with Gasteiger partial charge in [0.25, 0.3) is 11.8 Å². The van der Waals surface area contributed by atoms with E-state index < -0.39 is 0 Å². The van der Waals surface area contributed by atoms with Gasteiger partial charge in [0.15, 0.2) is 0 Å². The van der Waals surface area contributed by atoms with Crippen LogP contribution in [0.3, 0.4) is 0 Å². The Balaban J connectivity index is 2.18. The zero-order valence-electron chi connectivity index (χ0n) is 13.2. The van der Waals surface area contributed by atoms with Gasteiger partial charge in [0.05, 0.1) is 5.69 Å². The standard InChI is InChI=1S/C17H18BrN3O2/c1-17(2,3)21-16(23)14-10-6-9-13(19-14)15(22)20-12-8-5-4-7-11(12)18/h4-10H,1-3H3,(H,20,22)(H,21,23). The third kappa shape index (κ3) is 4.89. The van der Waals surface area contributed by atoms with Crippen molar-refractivity contribution in [1.82, 2.24) is 10.3 Å². The topological polar surface area (TPSA) is 71.1 Å². The number of hydrogen-bond donors (Lipinski definition) is 2. The molecule has 0 aliphatic carbocycles. The summed E-state index contributed by atoms with van der Waals surface area (Å²) in [6.45, 7) is 5.65. The lowest BCUT2D eigenvalue weighted by molar-refractivity contribution is 0.0914. The molecule has 0 unspecified atom stereocenters. The molecule has 0 saturated heterocycles. The molecular formula is C17H18BrN3O2. The summed E-state index contributed by atoms with van der Waals surface area (Å²) in [5, 5.41) is 5.58. The first kappa shape index (κ1) is 17.1. The number of aromatic nitrogens is 1. The van der Waals surface area contributed by atoms with Crippen LogP contribution < -0.4 is 10.6 Å². The average molecular weight is 376 g/mol. The van der Waals surface area contributed by atoms with Gasteiger partial charge in [0, 0.05) is 10.0 Å². The molecule has 5 nitrogen and oxygen atoms in total. The molecule has 2 amide bonds. The van der Waals surface area contributed by atoms with E-state index >= 15 is 0 Å². The van der Waals surface area contributed by atoms with E-state index in [1.807, 2.05) is 39.0 Å². The first-order chi connectivity index (χ1) is 10.8. The first-order valence-electron chi connectivity index (χ1n) is 7.12. The fraction of sp³-hybridized carbons (Fsp3) is 0.235. The summed E-state index contributed by atoms with van der Waals surface area (Å²) >= 11 is 3.37. The normalized spacial score (nSPS) is 11.0. The molecule has 6 heteroatoms. The predicted octanol–water partition coefficient (Wildman–Crippen LogP) is 3.62. The van der Waals surface area contributed by atoms with Crippen molar-refractivity contribution in [3.8, 4) is 0 Å². The Bertz CT molecular complexity index is 739. The largest absolute Gasteiger partial charge is 0.346 e. The van der Waals surface area contributed by atoms with Crippen LogP contribution in [0, 0.1) is 0 Å². The maximum atomic E-state index is 12.3. The number of halogens is 1. The minimum absolute atomic E-state index is 0.183. The zero-order valence-corrected chi connectivity index (χ0v) is 14.8. The SMILES string of the molecule is CC(C)(C)NC(=O)c1cccc(C(=O)Nc2ccccc2Br)n1. The number of para-hydroxylation sites is 1. The van der Waals surface area contributed by atoms with E-state index in [0.29, 0.717) is 5.69 Å². The number of anilines is 1. The molecule has 1 aromatic heterocycles. The molecule has 0 aliphatic rings. The third-order valence-corrected chi connectivity index (χ3v) is 3.52. The molecule has 0 fully saturated rings. The van der Waals surface area contributed by atoms with Gasteiger partial charge in [0.2, 0.25) is 0 Å². The smallest absolute Gasteiger partial charge is 0.274 e. The van der Waals surface area contributed by atoms with Crippen molar-refractivity contribution in [2.75, 3.05) is 5.32 Å². The van der Waals surface area contributed by atoms with Crippen molar-refractivity contribution in [2.45, 2.75) is 26.3 Å². The summed E-state index contributed by atoms with van der Waals surface area (Å²) < 4.78 is 0.773. The van der Waals surface area contributed by atoms with Crippen molar-refractivity contribution in [3.05, 3.63) is 58.3 Å². The number of rotatable bonds is 3. The van der Waals surface area contributed by atoms with Crippen LogP contribution in [0.1, 0.15) is 41.7 Å². The average Bonchev–Trinajstić information content (AvgIpc) is 2.48. The number of benzene rings is 1. The highest BCUT2D eigenvalue weighted by molar-refractivity contribution is 9.10. The highest BCUT2D eigenvalue weighted by Gasteiger charge is 2.18. The lowest BCUT2D eigenvalue weighted by atomic mass is 10.1. The van der Waals surface area contributed by atoms with Crippen LogP contribution >= 0.6 is 15.9 Å². The van der Waals surface area contributed by atoms with Crippen molar-refractivity contribution in [2.24, 2.45) is 0 Å². The Morgan fingerprint density at radius 1 is 0.957 bits per heavy atom. The van der Waals surface area contributed by atoms with E-state index in [-0.39, 0.29) is 28.7 Å². The van der Waals surface area contributed by atoms with Gasteiger partial charge in [-0.15, -0.1) is 0 Å². The number of nitrogens with zero attached hydrogens (tertiary/aromatic N) is 1. The summed E-state index contributed by atoms with van der Waals surface area (Å²) in [5.74, 6) is -0.685. The van der Waals surface area contributed by atoms with Crippen molar-refractivity contribution < 1.29 is 9.59 Å². The molecule has 23 heavy (non-hydrogen) atoms. The maximum absolute atomic E-state index is 12.3. The Labute approximate surface area is 143 Å². The van der Waals surface area contributed by atoms with Gasteiger partial charge < -0.3 is 10.6 Å². The van der Waals surface area contributed by atoms with E-state index in [1.165, 1.54) is 0 Å². The van der Waals surface area contributed by atoms with Gasteiger partial charge >= 0.3 is 0 Å². The van der Waals surface area contributed by atoms with Gasteiger partial charge in [0.1, 0.15) is 11.4 Å². The van der Waals surface area contributed by atoms with Crippen molar-refractivity contribution in [1.29, 1.82) is 0 Å². The molecule has 1 heterocycles. The van der Waals surface area contributed by atoms with Gasteiger partial charge in [-0.3, -0.25) is 9.59 Å². The van der Waals surface area contributed by atoms with Crippen LogP contribution in [0.15, 0.2) is 46.9 Å². The second-order valence-corrected chi connectivity index (χ2v) is 6.90. The van der Waals surface area contributed by atoms with E-state index in [2.05, 4.69) is 31.5 Å². The number of carbonyl (C=O) groups is 2. The first-order valence-corrected chi connectivity index (χ1v) is 7.91.